The molecule has 0 aliphatic carbocycles. The highest BCUT2D eigenvalue weighted by Gasteiger charge is 2.11. The van der Waals surface area contributed by atoms with Crippen LogP contribution in [-0.2, 0) is 6.54 Å². The molecule has 1 aromatic rings. The number of aromatic nitrogens is 2. The van der Waals surface area contributed by atoms with E-state index in [-0.39, 0.29) is 5.56 Å². The van der Waals surface area contributed by atoms with Gasteiger partial charge in [-0.05, 0) is 6.92 Å². The number of nitrogens with zero attached hydrogens (tertiary/aromatic N) is 2. The van der Waals surface area contributed by atoms with Crippen LogP contribution >= 0.6 is 11.8 Å². The number of hydrogen-bond donors (Lipinski definition) is 1. The zero-order valence-corrected chi connectivity index (χ0v) is 9.64. The van der Waals surface area contributed by atoms with E-state index in [2.05, 4.69) is 14.9 Å². The lowest BCUT2D eigenvalue weighted by atomic mass is 10.3. The molecule has 0 amide bonds. The van der Waals surface area contributed by atoms with Gasteiger partial charge in [-0.3, -0.25) is 9.69 Å². The van der Waals surface area contributed by atoms with Crippen LogP contribution in [-0.4, -0.2) is 39.5 Å². The van der Waals surface area contributed by atoms with E-state index < -0.39 is 0 Å². The molecular formula is C10H15N3OS. The standard InChI is InChI=1S/C10H15N3OS/c1-8-11-9(6-10(14)12-8)7-13-2-4-15-5-3-13/h6H,2-5,7H2,1H3,(H,11,12,14). The average Bonchev–Trinajstić information content (AvgIpc) is 2.17. The van der Waals surface area contributed by atoms with Gasteiger partial charge in [-0.2, -0.15) is 11.8 Å². The third-order valence-electron chi connectivity index (χ3n) is 2.40. The highest BCUT2D eigenvalue weighted by Crippen LogP contribution is 2.11. The number of thioether (sulfide) groups is 1. The molecule has 1 fully saturated rings. The lowest BCUT2D eigenvalue weighted by Crippen LogP contribution is -2.32. The molecule has 5 heteroatoms. The fraction of sp³-hybridized carbons (Fsp3) is 0.600. The quantitative estimate of drug-likeness (QED) is 0.802. The predicted molar refractivity (Wildman–Crippen MR) is 62.2 cm³/mol. The molecule has 2 rings (SSSR count). The fourth-order valence-electron chi connectivity index (χ4n) is 1.71. The third kappa shape index (κ3) is 3.07. The number of nitrogens with one attached hydrogen (secondary N) is 1. The van der Waals surface area contributed by atoms with E-state index in [0.717, 1.165) is 25.3 Å². The Hall–Kier alpha value is -0.810. The summed E-state index contributed by atoms with van der Waals surface area (Å²) in [5, 5.41) is 0. The van der Waals surface area contributed by atoms with Crippen molar-refractivity contribution in [3.05, 3.63) is 27.9 Å². The summed E-state index contributed by atoms with van der Waals surface area (Å²) in [6.07, 6.45) is 0. The minimum absolute atomic E-state index is 0.0520. The summed E-state index contributed by atoms with van der Waals surface area (Å²) >= 11 is 1.99. The van der Waals surface area contributed by atoms with E-state index in [1.165, 1.54) is 11.5 Å². The zero-order chi connectivity index (χ0) is 10.7. The van der Waals surface area contributed by atoms with Gasteiger partial charge >= 0.3 is 0 Å². The Morgan fingerprint density at radius 2 is 2.27 bits per heavy atom. The molecule has 1 saturated heterocycles. The summed E-state index contributed by atoms with van der Waals surface area (Å²) in [6.45, 7) is 4.80. The van der Waals surface area contributed by atoms with Crippen molar-refractivity contribution in [2.75, 3.05) is 24.6 Å². The Morgan fingerprint density at radius 3 is 2.93 bits per heavy atom. The summed E-state index contributed by atoms with van der Waals surface area (Å²) < 4.78 is 0. The predicted octanol–water partition coefficient (Wildman–Crippen LogP) is 0.627. The van der Waals surface area contributed by atoms with Crippen molar-refractivity contribution in [1.29, 1.82) is 0 Å². The van der Waals surface area contributed by atoms with Crippen molar-refractivity contribution in [2.24, 2.45) is 0 Å². The fourth-order valence-corrected chi connectivity index (χ4v) is 2.69. The van der Waals surface area contributed by atoms with E-state index in [0.29, 0.717) is 5.82 Å². The number of hydrogen-bond acceptors (Lipinski definition) is 4. The number of rotatable bonds is 2. The Labute approximate surface area is 93.1 Å². The van der Waals surface area contributed by atoms with Crippen LogP contribution in [0.2, 0.25) is 0 Å². The number of H-pyrrole nitrogens is 1. The summed E-state index contributed by atoms with van der Waals surface area (Å²) in [6, 6.07) is 1.59. The molecule has 0 aromatic carbocycles. The second-order valence-corrected chi connectivity index (χ2v) is 4.94. The van der Waals surface area contributed by atoms with Gasteiger partial charge in [0.15, 0.2) is 0 Å². The van der Waals surface area contributed by atoms with Crippen molar-refractivity contribution in [3.8, 4) is 0 Å². The molecule has 0 radical (unpaired) electrons. The minimum Gasteiger partial charge on any atom is -0.311 e. The van der Waals surface area contributed by atoms with Crippen LogP contribution < -0.4 is 5.56 Å². The maximum absolute atomic E-state index is 11.2. The van der Waals surface area contributed by atoms with Gasteiger partial charge in [0.25, 0.3) is 5.56 Å². The summed E-state index contributed by atoms with van der Waals surface area (Å²) in [4.78, 5) is 20.6. The molecule has 2 heterocycles. The molecular weight excluding hydrogens is 210 g/mol. The molecule has 15 heavy (non-hydrogen) atoms. The van der Waals surface area contributed by atoms with Crippen LogP contribution in [0.3, 0.4) is 0 Å². The largest absolute Gasteiger partial charge is 0.311 e. The van der Waals surface area contributed by atoms with Gasteiger partial charge in [0.05, 0.1) is 5.69 Å². The van der Waals surface area contributed by atoms with E-state index in [9.17, 15) is 4.79 Å². The van der Waals surface area contributed by atoms with Crippen LogP contribution in [0.15, 0.2) is 10.9 Å². The Morgan fingerprint density at radius 1 is 1.53 bits per heavy atom. The van der Waals surface area contributed by atoms with E-state index in [1.54, 1.807) is 6.07 Å². The van der Waals surface area contributed by atoms with Crippen LogP contribution in [0.5, 0.6) is 0 Å². The van der Waals surface area contributed by atoms with Gasteiger partial charge in [0, 0.05) is 37.2 Å². The van der Waals surface area contributed by atoms with E-state index in [1.807, 2.05) is 18.7 Å². The van der Waals surface area contributed by atoms with Gasteiger partial charge in [-0.1, -0.05) is 0 Å². The lowest BCUT2D eigenvalue weighted by Gasteiger charge is -2.25. The Balaban J connectivity index is 2.06. The first-order valence-electron chi connectivity index (χ1n) is 5.11. The van der Waals surface area contributed by atoms with Crippen molar-refractivity contribution >= 4 is 11.8 Å². The average molecular weight is 225 g/mol. The molecule has 0 saturated carbocycles. The molecule has 82 valence electrons. The Bertz CT molecular complexity index is 384. The molecule has 0 spiro atoms. The first-order chi connectivity index (χ1) is 7.24. The first kappa shape index (κ1) is 10.7. The van der Waals surface area contributed by atoms with Crippen molar-refractivity contribution in [2.45, 2.75) is 13.5 Å². The van der Waals surface area contributed by atoms with Crippen LogP contribution in [0.25, 0.3) is 0 Å². The molecule has 1 aliphatic rings. The molecule has 1 aliphatic heterocycles. The highest BCUT2D eigenvalue weighted by molar-refractivity contribution is 7.99. The van der Waals surface area contributed by atoms with Gasteiger partial charge in [0.1, 0.15) is 5.82 Å². The highest BCUT2D eigenvalue weighted by atomic mass is 32.2. The monoisotopic (exact) mass is 225 g/mol. The maximum atomic E-state index is 11.2. The maximum Gasteiger partial charge on any atom is 0.251 e. The zero-order valence-electron chi connectivity index (χ0n) is 8.82. The summed E-state index contributed by atoms with van der Waals surface area (Å²) in [5.41, 5.74) is 0.826. The van der Waals surface area contributed by atoms with Gasteiger partial charge in [0.2, 0.25) is 0 Å². The molecule has 0 bridgehead atoms. The minimum atomic E-state index is -0.0520. The van der Waals surface area contributed by atoms with Crippen LogP contribution in [0, 0.1) is 6.92 Å². The van der Waals surface area contributed by atoms with Gasteiger partial charge < -0.3 is 4.98 Å². The van der Waals surface area contributed by atoms with Crippen LogP contribution in [0.4, 0.5) is 0 Å². The first-order valence-corrected chi connectivity index (χ1v) is 6.26. The number of aromatic amines is 1. The normalized spacial score (nSPS) is 17.9. The summed E-state index contributed by atoms with van der Waals surface area (Å²) in [7, 11) is 0. The Kier molecular flexibility index (Phi) is 3.43. The molecule has 1 aromatic heterocycles. The second kappa shape index (κ2) is 4.81. The molecule has 0 unspecified atom stereocenters. The van der Waals surface area contributed by atoms with Crippen LogP contribution in [0.1, 0.15) is 11.5 Å². The summed E-state index contributed by atoms with van der Waals surface area (Å²) in [5.74, 6) is 3.06. The van der Waals surface area contributed by atoms with Gasteiger partial charge in [-0.25, -0.2) is 4.98 Å². The third-order valence-corrected chi connectivity index (χ3v) is 3.34. The smallest absolute Gasteiger partial charge is 0.251 e. The lowest BCUT2D eigenvalue weighted by molar-refractivity contribution is 0.290. The van der Waals surface area contributed by atoms with Crippen molar-refractivity contribution < 1.29 is 0 Å². The number of aryl methyl sites for hydroxylation is 1. The topological polar surface area (TPSA) is 49.0 Å². The van der Waals surface area contributed by atoms with E-state index in [4.69, 9.17) is 0 Å². The molecule has 1 N–H and O–H groups in total. The van der Waals surface area contributed by atoms with Crippen molar-refractivity contribution in [3.63, 3.8) is 0 Å². The second-order valence-electron chi connectivity index (χ2n) is 3.71. The molecule has 4 nitrogen and oxygen atoms in total. The van der Waals surface area contributed by atoms with Gasteiger partial charge in [-0.15, -0.1) is 0 Å². The van der Waals surface area contributed by atoms with E-state index >= 15 is 0 Å². The molecule has 0 atom stereocenters. The SMILES string of the molecule is Cc1nc(CN2CCSCC2)cc(=O)[nH]1. The van der Waals surface area contributed by atoms with Crippen molar-refractivity contribution in [1.82, 2.24) is 14.9 Å².